The molecule has 0 fully saturated rings. The molecule has 0 aromatic carbocycles. The Morgan fingerprint density at radius 2 is 1.29 bits per heavy atom. The number of hydrogen-bond donors (Lipinski definition) is 2. The molecule has 0 heterocycles. The van der Waals surface area contributed by atoms with Crippen molar-refractivity contribution in [1.82, 2.24) is 0 Å². The Labute approximate surface area is 165 Å². The lowest BCUT2D eigenvalue weighted by atomic mass is 10.1. The van der Waals surface area contributed by atoms with Crippen molar-refractivity contribution in [2.45, 2.75) is 102 Å². The maximum atomic E-state index is 6.01. The molecule has 0 bridgehead atoms. The van der Waals surface area contributed by atoms with Gasteiger partial charge in [0.1, 0.15) is 0 Å². The molecule has 24 heavy (non-hydrogen) atoms. The predicted molar refractivity (Wildman–Crippen MR) is 115 cm³/mol. The van der Waals surface area contributed by atoms with Crippen LogP contribution in [0.3, 0.4) is 0 Å². The van der Waals surface area contributed by atoms with Gasteiger partial charge in [-0.1, -0.05) is 59.8 Å². The molecule has 0 aliphatic rings. The van der Waals surface area contributed by atoms with Crippen molar-refractivity contribution in [2.75, 3.05) is 5.75 Å². The van der Waals surface area contributed by atoms with Crippen molar-refractivity contribution < 1.29 is 14.0 Å². The highest BCUT2D eigenvalue weighted by Crippen LogP contribution is 2.22. The summed E-state index contributed by atoms with van der Waals surface area (Å²) in [5, 5.41) is 0. The minimum absolute atomic E-state index is 0.0837. The minimum atomic E-state index is -0.697. The summed E-state index contributed by atoms with van der Waals surface area (Å²) < 4.78 is 17.5. The third-order valence-electron chi connectivity index (χ3n) is 3.63. The van der Waals surface area contributed by atoms with Crippen LogP contribution in [0.4, 0.5) is 0 Å². The van der Waals surface area contributed by atoms with E-state index >= 15 is 0 Å². The zero-order valence-electron chi connectivity index (χ0n) is 15.9. The Hall–Kier alpha value is 0.995. The van der Waals surface area contributed by atoms with Crippen LogP contribution in [0.15, 0.2) is 0 Å². The van der Waals surface area contributed by atoms with Gasteiger partial charge in [0.05, 0.1) is 16.3 Å². The first kappa shape index (κ1) is 25.0. The van der Waals surface area contributed by atoms with E-state index in [1.165, 1.54) is 38.5 Å². The monoisotopic (exact) mass is 396 g/mol. The topological polar surface area (TPSA) is 27.7 Å². The summed E-state index contributed by atoms with van der Waals surface area (Å²) in [4.78, 5) is 0. The van der Waals surface area contributed by atoms with Gasteiger partial charge < -0.3 is 14.0 Å². The van der Waals surface area contributed by atoms with E-state index in [1.54, 1.807) is 0 Å². The standard InChI is InChI=1S/C17H37BO3S3/c1-5-9-10-11-12-13-14-24-17(8-4)21-18(19-15(22)6-2)20-16(23)7-3/h15-17,22-23H,5-14H2,1-4H3. The van der Waals surface area contributed by atoms with Crippen LogP contribution in [0.2, 0.25) is 0 Å². The molecule has 0 aromatic heterocycles. The summed E-state index contributed by atoms with van der Waals surface area (Å²) in [6.07, 6.45) is 10.4. The zero-order chi connectivity index (χ0) is 18.2. The van der Waals surface area contributed by atoms with Gasteiger partial charge in [-0.05, 0) is 31.4 Å². The smallest absolute Gasteiger partial charge is 0.374 e. The van der Waals surface area contributed by atoms with Gasteiger partial charge >= 0.3 is 7.32 Å². The van der Waals surface area contributed by atoms with Crippen molar-refractivity contribution in [1.29, 1.82) is 0 Å². The minimum Gasteiger partial charge on any atom is -0.374 e. The summed E-state index contributed by atoms with van der Waals surface area (Å²) >= 11 is 10.6. The third-order valence-corrected chi connectivity index (χ3v) is 5.95. The lowest BCUT2D eigenvalue weighted by molar-refractivity contribution is 0.0676. The van der Waals surface area contributed by atoms with Gasteiger partial charge in [0, 0.05) is 0 Å². The summed E-state index contributed by atoms with van der Waals surface area (Å²) in [7, 11) is -0.697. The molecular weight excluding hydrogens is 359 g/mol. The molecule has 0 spiro atoms. The van der Waals surface area contributed by atoms with Crippen LogP contribution in [0, 0.1) is 0 Å². The molecule has 0 aromatic rings. The Morgan fingerprint density at radius 1 is 0.750 bits per heavy atom. The summed E-state index contributed by atoms with van der Waals surface area (Å²) in [5.41, 5.74) is -0.289. The van der Waals surface area contributed by atoms with Crippen LogP contribution < -0.4 is 0 Å². The third kappa shape index (κ3) is 14.2. The Kier molecular flexibility index (Phi) is 18.1. The van der Waals surface area contributed by atoms with E-state index in [-0.39, 0.29) is 16.3 Å². The second-order valence-electron chi connectivity index (χ2n) is 5.90. The van der Waals surface area contributed by atoms with E-state index in [1.807, 2.05) is 25.6 Å². The molecule has 3 nitrogen and oxygen atoms in total. The fourth-order valence-electron chi connectivity index (χ4n) is 2.02. The van der Waals surface area contributed by atoms with Crippen LogP contribution in [-0.4, -0.2) is 29.4 Å². The van der Waals surface area contributed by atoms with Gasteiger partial charge in [-0.2, -0.15) is 0 Å². The highest BCUT2D eigenvalue weighted by atomic mass is 32.2. The first-order chi connectivity index (χ1) is 11.6. The van der Waals surface area contributed by atoms with Crippen LogP contribution in [-0.2, 0) is 14.0 Å². The van der Waals surface area contributed by atoms with E-state index in [9.17, 15) is 0 Å². The highest BCUT2D eigenvalue weighted by molar-refractivity contribution is 7.99. The first-order valence-corrected chi connectivity index (χ1v) is 11.6. The second kappa shape index (κ2) is 17.4. The Bertz CT molecular complexity index is 263. The molecule has 0 saturated carbocycles. The highest BCUT2D eigenvalue weighted by Gasteiger charge is 2.29. The molecular formula is C17H37BO3S3. The zero-order valence-corrected chi connectivity index (χ0v) is 18.5. The van der Waals surface area contributed by atoms with Gasteiger partial charge in [0.2, 0.25) is 0 Å². The molecule has 0 saturated heterocycles. The van der Waals surface area contributed by atoms with Crippen molar-refractivity contribution in [3.63, 3.8) is 0 Å². The molecule has 7 heteroatoms. The fourth-order valence-corrected chi connectivity index (χ4v) is 3.26. The molecule has 0 aliphatic carbocycles. The maximum Gasteiger partial charge on any atom is 0.641 e. The summed E-state index contributed by atoms with van der Waals surface area (Å²) in [6.45, 7) is 8.43. The molecule has 144 valence electrons. The molecule has 0 radical (unpaired) electrons. The molecule has 0 amide bonds. The molecule has 0 aliphatic heterocycles. The average Bonchev–Trinajstić information content (AvgIpc) is 2.59. The summed E-state index contributed by atoms with van der Waals surface area (Å²) in [6, 6.07) is 0. The molecule has 0 rings (SSSR count). The first-order valence-electron chi connectivity index (χ1n) is 9.51. The normalized spacial score (nSPS) is 15.2. The number of thiol groups is 2. The number of thioether (sulfide) groups is 1. The van der Waals surface area contributed by atoms with E-state index in [0.717, 1.165) is 25.0 Å². The quantitative estimate of drug-likeness (QED) is 0.133. The van der Waals surface area contributed by atoms with Gasteiger partial charge in [-0.15, -0.1) is 37.0 Å². The Morgan fingerprint density at radius 3 is 1.79 bits per heavy atom. The molecule has 3 atom stereocenters. The van der Waals surface area contributed by atoms with Crippen molar-refractivity contribution in [2.24, 2.45) is 0 Å². The van der Waals surface area contributed by atoms with E-state index in [4.69, 9.17) is 14.0 Å². The fraction of sp³-hybridized carbons (Fsp3) is 1.00. The van der Waals surface area contributed by atoms with E-state index in [0.29, 0.717) is 0 Å². The molecule has 0 N–H and O–H groups in total. The second-order valence-corrected chi connectivity index (χ2v) is 8.32. The Balaban J connectivity index is 4.13. The van der Waals surface area contributed by atoms with Crippen molar-refractivity contribution in [3.05, 3.63) is 0 Å². The van der Waals surface area contributed by atoms with E-state index in [2.05, 4.69) is 39.1 Å². The van der Waals surface area contributed by atoms with Gasteiger partial charge in [0.25, 0.3) is 0 Å². The SMILES string of the molecule is CCCCCCCCSC(CC)OB(OC(S)CC)OC(S)CC. The van der Waals surface area contributed by atoms with E-state index < -0.39 is 7.32 Å². The number of unbranched alkanes of at least 4 members (excludes halogenated alkanes) is 5. The lowest BCUT2D eigenvalue weighted by Gasteiger charge is -2.24. The average molecular weight is 396 g/mol. The van der Waals surface area contributed by atoms with Crippen LogP contribution in [0.1, 0.15) is 85.5 Å². The van der Waals surface area contributed by atoms with Crippen molar-refractivity contribution in [3.8, 4) is 0 Å². The number of rotatable bonds is 17. The van der Waals surface area contributed by atoms with Crippen LogP contribution in [0.5, 0.6) is 0 Å². The van der Waals surface area contributed by atoms with Gasteiger partial charge in [-0.25, -0.2) is 0 Å². The predicted octanol–water partition coefficient (Wildman–Crippen LogP) is 6.18. The lowest BCUT2D eigenvalue weighted by Crippen LogP contribution is -2.35. The summed E-state index contributed by atoms with van der Waals surface area (Å²) in [5.74, 6) is 1.12. The largest absolute Gasteiger partial charge is 0.641 e. The van der Waals surface area contributed by atoms with Crippen molar-refractivity contribution >= 4 is 44.3 Å². The van der Waals surface area contributed by atoms with Gasteiger partial charge in [0.15, 0.2) is 0 Å². The molecule has 3 unspecified atom stereocenters. The van der Waals surface area contributed by atoms with Gasteiger partial charge in [-0.3, -0.25) is 0 Å². The number of hydrogen-bond acceptors (Lipinski definition) is 6. The maximum absolute atomic E-state index is 6.01. The van der Waals surface area contributed by atoms with Crippen LogP contribution in [0.25, 0.3) is 0 Å². The van der Waals surface area contributed by atoms with Crippen LogP contribution >= 0.6 is 37.0 Å².